The molecule has 0 bridgehead atoms. The van der Waals surface area contributed by atoms with E-state index in [0.717, 1.165) is 49.7 Å². The van der Waals surface area contributed by atoms with Crippen LogP contribution >= 0.6 is 0 Å². The van der Waals surface area contributed by atoms with E-state index in [4.69, 9.17) is 10.9 Å². The van der Waals surface area contributed by atoms with Crippen molar-refractivity contribution >= 4 is 74.0 Å². The first-order valence-corrected chi connectivity index (χ1v) is 25.1. The number of anilines is 2. The van der Waals surface area contributed by atoms with Gasteiger partial charge in [0.05, 0.1) is 14.7 Å². The standard InChI is InChI=1S/C14H18N4O3S.C14H18N4O2S.C14H17N3O2S/c19-17-14-12-3-1-4-13(11(12)5-7-16-14)22(20,21)18-9-2-6-15-8-10-18;15-14-12-3-1-4-13(11(12)5-7-17-14)21(19,20)18-9-2-6-16-8-10-18;18-20(19,17-9-2-6-15-8-10-17)14-4-1-3-12-11-16-7-5-13(12)14/h1,3-5,7,15,19H,2,6,8-10H2,(H,16,17);1,3-5,7,16H,2,6,8-10H2,(H2,15,17);1,3-5,7,11,15H,2,6,8-10H2. The SMILES string of the molecule is Nc1nccc2c(S(=O)(=O)N3CCCNCC3)cccc12.O=S(=O)(c1cccc2c(NO)nccc12)N1CCCNCC1.O=S(=O)(c1cccc2cnccc12)N1CCCNCC1. The minimum Gasteiger partial charge on any atom is -0.383 e. The highest BCUT2D eigenvalue weighted by atomic mass is 32.2. The molecule has 7 N–H and O–H groups in total. The van der Waals surface area contributed by atoms with Crippen LogP contribution < -0.4 is 27.2 Å². The summed E-state index contributed by atoms with van der Waals surface area (Å²) in [4.78, 5) is 13.0. The van der Waals surface area contributed by atoms with Crippen LogP contribution in [0.5, 0.6) is 0 Å². The lowest BCUT2D eigenvalue weighted by molar-refractivity contribution is 0.387. The number of sulfonamides is 3. The molecule has 3 aromatic carbocycles. The Labute approximate surface area is 368 Å². The highest BCUT2D eigenvalue weighted by Crippen LogP contribution is 2.31. The van der Waals surface area contributed by atoms with E-state index in [9.17, 15) is 25.3 Å². The van der Waals surface area contributed by atoms with E-state index in [1.54, 1.807) is 93.9 Å². The molecule has 6 aromatic rings. The molecule has 336 valence electrons. The van der Waals surface area contributed by atoms with E-state index in [1.807, 2.05) is 11.5 Å². The zero-order valence-corrected chi connectivity index (χ0v) is 37.2. The summed E-state index contributed by atoms with van der Waals surface area (Å²) in [6.45, 7) is 7.62. The summed E-state index contributed by atoms with van der Waals surface area (Å²) in [5, 5.41) is 22.8. The summed E-state index contributed by atoms with van der Waals surface area (Å²) in [6, 6.07) is 20.6. The van der Waals surface area contributed by atoms with Crippen molar-refractivity contribution in [3.63, 3.8) is 0 Å². The number of pyridine rings is 3. The van der Waals surface area contributed by atoms with E-state index in [2.05, 4.69) is 30.9 Å². The number of nitrogens with zero attached hydrogens (tertiary/aromatic N) is 6. The lowest BCUT2D eigenvalue weighted by atomic mass is 10.1. The predicted octanol–water partition coefficient (Wildman–Crippen LogP) is 3.04. The molecule has 3 aromatic heterocycles. The molecule has 3 saturated heterocycles. The molecule has 6 heterocycles. The molecular formula is C42H53N11O7S3. The quantitative estimate of drug-likeness (QED) is 0.126. The summed E-state index contributed by atoms with van der Waals surface area (Å²) in [5.74, 6) is 0.592. The monoisotopic (exact) mass is 919 g/mol. The summed E-state index contributed by atoms with van der Waals surface area (Å²) in [5.41, 5.74) is 7.85. The van der Waals surface area contributed by atoms with Gasteiger partial charge in [-0.3, -0.25) is 15.7 Å². The molecule has 21 heteroatoms. The molecule has 63 heavy (non-hydrogen) atoms. The van der Waals surface area contributed by atoms with Crippen LogP contribution in [0.1, 0.15) is 19.3 Å². The molecule has 3 fully saturated rings. The number of rotatable bonds is 7. The lowest BCUT2D eigenvalue weighted by Gasteiger charge is -2.20. The van der Waals surface area contributed by atoms with E-state index in [0.29, 0.717) is 96.1 Å². The molecule has 3 aliphatic heterocycles. The van der Waals surface area contributed by atoms with Gasteiger partial charge in [-0.2, -0.15) is 12.9 Å². The Kier molecular flexibility index (Phi) is 15.1. The molecule has 9 rings (SSSR count). The molecule has 0 atom stereocenters. The van der Waals surface area contributed by atoms with E-state index >= 15 is 0 Å². The van der Waals surface area contributed by atoms with Crippen LogP contribution in [0.2, 0.25) is 0 Å². The third-order valence-electron chi connectivity index (χ3n) is 11.1. The van der Waals surface area contributed by atoms with Gasteiger partial charge in [0.2, 0.25) is 30.1 Å². The maximum absolute atomic E-state index is 12.9. The molecule has 0 unspecified atom stereocenters. The highest BCUT2D eigenvalue weighted by molar-refractivity contribution is 7.90. The second-order valence-electron chi connectivity index (χ2n) is 15.0. The smallest absolute Gasteiger partial charge is 0.243 e. The fourth-order valence-corrected chi connectivity index (χ4v) is 12.9. The van der Waals surface area contributed by atoms with Crippen molar-refractivity contribution in [3.8, 4) is 0 Å². The second kappa shape index (κ2) is 20.7. The average molecular weight is 920 g/mol. The van der Waals surface area contributed by atoms with Gasteiger partial charge in [0.25, 0.3) is 0 Å². The third-order valence-corrected chi connectivity index (χ3v) is 16.9. The van der Waals surface area contributed by atoms with Gasteiger partial charge in [-0.1, -0.05) is 36.4 Å². The second-order valence-corrected chi connectivity index (χ2v) is 20.8. The summed E-state index contributed by atoms with van der Waals surface area (Å²) < 4.78 is 82.0. The number of nitrogens with two attached hydrogens (primary N) is 1. The molecule has 0 saturated carbocycles. The molecule has 18 nitrogen and oxygen atoms in total. The normalized spacial score (nSPS) is 17.7. The van der Waals surface area contributed by atoms with Crippen LogP contribution in [-0.2, 0) is 30.1 Å². The molecular weight excluding hydrogens is 867 g/mol. The fraction of sp³-hybridized carbons (Fsp3) is 0.357. The zero-order valence-electron chi connectivity index (χ0n) is 34.7. The van der Waals surface area contributed by atoms with Crippen LogP contribution in [0.4, 0.5) is 11.6 Å². The summed E-state index contributed by atoms with van der Waals surface area (Å²) in [7, 11) is -10.5. The Morgan fingerprint density at radius 3 is 1.48 bits per heavy atom. The number of nitrogens with one attached hydrogen (secondary N) is 4. The predicted molar refractivity (Wildman–Crippen MR) is 244 cm³/mol. The van der Waals surface area contributed by atoms with Crippen molar-refractivity contribution in [2.24, 2.45) is 0 Å². The Morgan fingerprint density at radius 1 is 0.508 bits per heavy atom. The Hall–Kier alpha value is -4.94. The molecule has 0 radical (unpaired) electrons. The lowest BCUT2D eigenvalue weighted by Crippen LogP contribution is -2.34. The van der Waals surface area contributed by atoms with Crippen molar-refractivity contribution in [3.05, 3.63) is 97.6 Å². The van der Waals surface area contributed by atoms with Crippen LogP contribution in [0.15, 0.2) is 112 Å². The minimum absolute atomic E-state index is 0.241. The first-order valence-electron chi connectivity index (χ1n) is 20.8. The zero-order chi connectivity index (χ0) is 44.5. The average Bonchev–Trinajstić information content (AvgIpc) is 3.88. The van der Waals surface area contributed by atoms with E-state index in [-0.39, 0.29) is 10.7 Å². The largest absolute Gasteiger partial charge is 0.383 e. The number of aromatic nitrogens is 3. The number of fused-ring (bicyclic) bond motifs is 3. The Bertz CT molecular complexity index is 2840. The van der Waals surface area contributed by atoms with Crippen molar-refractivity contribution in [1.29, 1.82) is 0 Å². The van der Waals surface area contributed by atoms with Crippen LogP contribution in [0, 0.1) is 0 Å². The van der Waals surface area contributed by atoms with Crippen molar-refractivity contribution in [2.45, 2.75) is 33.9 Å². The fourth-order valence-electron chi connectivity index (χ4n) is 7.84. The number of hydrogen-bond acceptors (Lipinski definition) is 15. The van der Waals surface area contributed by atoms with Crippen molar-refractivity contribution in [2.75, 3.05) is 89.8 Å². The van der Waals surface area contributed by atoms with Crippen molar-refractivity contribution in [1.82, 2.24) is 43.8 Å². The summed E-state index contributed by atoms with van der Waals surface area (Å²) in [6.07, 6.45) is 8.78. The van der Waals surface area contributed by atoms with Gasteiger partial charge in [-0.25, -0.2) is 35.2 Å². The molecule has 0 amide bonds. The number of hydrogen-bond donors (Lipinski definition) is 6. The van der Waals surface area contributed by atoms with Crippen LogP contribution in [0.25, 0.3) is 32.3 Å². The van der Waals surface area contributed by atoms with Gasteiger partial charge in [-0.15, -0.1) is 0 Å². The Morgan fingerprint density at radius 2 is 0.952 bits per heavy atom. The Balaban J connectivity index is 0.000000142. The number of nitrogen functional groups attached to an aromatic ring is 1. The third kappa shape index (κ3) is 10.4. The maximum Gasteiger partial charge on any atom is 0.243 e. The minimum atomic E-state index is -3.58. The van der Waals surface area contributed by atoms with Crippen LogP contribution in [-0.4, -0.2) is 137 Å². The summed E-state index contributed by atoms with van der Waals surface area (Å²) >= 11 is 0. The first kappa shape index (κ1) is 46.1. The van der Waals surface area contributed by atoms with Crippen LogP contribution in [0.3, 0.4) is 0 Å². The van der Waals surface area contributed by atoms with Gasteiger partial charge >= 0.3 is 0 Å². The molecule has 3 aliphatic rings. The molecule has 0 spiro atoms. The van der Waals surface area contributed by atoms with Gasteiger partial charge in [0.15, 0.2) is 5.82 Å². The number of benzene rings is 3. The highest BCUT2D eigenvalue weighted by Gasteiger charge is 2.29. The topological polar surface area (TPSA) is 245 Å². The van der Waals surface area contributed by atoms with Gasteiger partial charge in [-0.05, 0) is 75.3 Å². The first-order chi connectivity index (χ1) is 30.4. The van der Waals surface area contributed by atoms with Gasteiger partial charge in [0, 0.05) is 116 Å². The van der Waals surface area contributed by atoms with E-state index in [1.165, 1.54) is 10.5 Å². The van der Waals surface area contributed by atoms with Gasteiger partial charge in [0.1, 0.15) is 5.82 Å². The van der Waals surface area contributed by atoms with Gasteiger partial charge < -0.3 is 21.7 Å². The van der Waals surface area contributed by atoms with E-state index < -0.39 is 30.1 Å². The molecule has 0 aliphatic carbocycles. The maximum atomic E-state index is 12.9. The van der Waals surface area contributed by atoms with Crippen molar-refractivity contribution < 1.29 is 30.5 Å².